The number of rotatable bonds is 4. The van der Waals surface area contributed by atoms with Crippen LogP contribution in [-0.4, -0.2) is 18.5 Å². The van der Waals surface area contributed by atoms with E-state index >= 15 is 0 Å². The minimum absolute atomic E-state index is 0.0721. The molecule has 0 saturated carbocycles. The molecular weight excluding hydrogens is 268 g/mol. The molecule has 0 bridgehead atoms. The average molecular weight is 282 g/mol. The summed E-state index contributed by atoms with van der Waals surface area (Å²) < 4.78 is 31.2. The second-order valence-corrected chi connectivity index (χ2v) is 5.83. The lowest BCUT2D eigenvalue weighted by Gasteiger charge is -2.07. The molecule has 0 aliphatic carbocycles. The molecule has 0 aliphatic rings. The van der Waals surface area contributed by atoms with Crippen LogP contribution in [0.25, 0.3) is 0 Å². The summed E-state index contributed by atoms with van der Waals surface area (Å²) in [6, 6.07) is 5.87. The Balaban J connectivity index is 2.24. The number of aryl methyl sites for hydroxylation is 1. The van der Waals surface area contributed by atoms with E-state index in [2.05, 4.69) is 9.71 Å². The number of aliphatic hydroxyl groups excluding tert-OH is 1. The highest BCUT2D eigenvalue weighted by Gasteiger charge is 2.17. The molecule has 0 fully saturated rings. The Morgan fingerprint density at radius 2 is 1.95 bits per heavy atom. The molecule has 19 heavy (non-hydrogen) atoms. The van der Waals surface area contributed by atoms with Crippen LogP contribution in [0, 0.1) is 6.92 Å². The highest BCUT2D eigenvalue weighted by atomic mass is 32.2. The quantitative estimate of drug-likeness (QED) is 0.892. The van der Waals surface area contributed by atoms with Gasteiger partial charge in [0.05, 0.1) is 16.7 Å². The Bertz CT molecular complexity index is 659. The average Bonchev–Trinajstić information content (AvgIpc) is 2.74. The largest absolute Gasteiger partial charge is 0.431 e. The minimum Gasteiger partial charge on any atom is -0.431 e. The third-order valence-electron chi connectivity index (χ3n) is 2.51. The predicted octanol–water partition coefficient (Wildman–Crippen LogP) is 1.84. The van der Waals surface area contributed by atoms with Crippen LogP contribution < -0.4 is 4.72 Å². The standard InChI is InChI=1S/C12H14N2O4S/c1-8-7-18-12(13-8)14-19(16,17)11-5-3-10(4-6-11)9(2)15/h3-7,9,15H,1-2H3,(H,13,14). The lowest BCUT2D eigenvalue weighted by Crippen LogP contribution is -2.13. The van der Waals surface area contributed by atoms with E-state index in [1.807, 2.05) is 0 Å². The maximum absolute atomic E-state index is 12.0. The zero-order chi connectivity index (χ0) is 14.0. The molecule has 2 aromatic rings. The smallest absolute Gasteiger partial charge is 0.309 e. The maximum Gasteiger partial charge on any atom is 0.309 e. The van der Waals surface area contributed by atoms with Gasteiger partial charge < -0.3 is 9.52 Å². The van der Waals surface area contributed by atoms with Crippen molar-refractivity contribution in [1.82, 2.24) is 4.98 Å². The molecule has 7 heteroatoms. The van der Waals surface area contributed by atoms with Crippen molar-refractivity contribution < 1.29 is 17.9 Å². The van der Waals surface area contributed by atoms with Gasteiger partial charge in [-0.25, -0.2) is 13.1 Å². The number of anilines is 1. The molecule has 0 aliphatic heterocycles. The molecule has 1 heterocycles. The molecule has 2 rings (SSSR count). The highest BCUT2D eigenvalue weighted by Crippen LogP contribution is 2.18. The molecule has 0 saturated heterocycles. The van der Waals surface area contributed by atoms with E-state index in [-0.39, 0.29) is 10.9 Å². The Morgan fingerprint density at radius 1 is 1.32 bits per heavy atom. The van der Waals surface area contributed by atoms with Crippen LogP contribution in [0.3, 0.4) is 0 Å². The zero-order valence-electron chi connectivity index (χ0n) is 10.5. The Hall–Kier alpha value is -1.86. The summed E-state index contributed by atoms with van der Waals surface area (Å²) in [5, 5.41) is 9.37. The number of hydrogen-bond acceptors (Lipinski definition) is 5. The van der Waals surface area contributed by atoms with Gasteiger partial charge in [-0.2, -0.15) is 4.98 Å². The fourth-order valence-electron chi connectivity index (χ4n) is 1.50. The Morgan fingerprint density at radius 3 is 2.42 bits per heavy atom. The minimum atomic E-state index is -3.73. The van der Waals surface area contributed by atoms with Crippen molar-refractivity contribution >= 4 is 16.0 Å². The summed E-state index contributed by atoms with van der Waals surface area (Å²) in [7, 11) is -3.73. The second kappa shape index (κ2) is 5.02. The van der Waals surface area contributed by atoms with Crippen molar-refractivity contribution in [2.24, 2.45) is 0 Å². The van der Waals surface area contributed by atoms with Gasteiger partial charge in [0.1, 0.15) is 6.26 Å². The topological polar surface area (TPSA) is 92.4 Å². The van der Waals surface area contributed by atoms with Gasteiger partial charge in [-0.15, -0.1) is 0 Å². The van der Waals surface area contributed by atoms with Crippen LogP contribution in [0.15, 0.2) is 39.8 Å². The summed E-state index contributed by atoms with van der Waals surface area (Å²) in [6.45, 7) is 3.30. The molecule has 1 atom stereocenters. The van der Waals surface area contributed by atoms with Gasteiger partial charge >= 0.3 is 6.01 Å². The van der Waals surface area contributed by atoms with E-state index < -0.39 is 16.1 Å². The van der Waals surface area contributed by atoms with Crippen LogP contribution in [0.4, 0.5) is 6.01 Å². The van der Waals surface area contributed by atoms with Gasteiger partial charge in [-0.05, 0) is 31.5 Å². The highest BCUT2D eigenvalue weighted by molar-refractivity contribution is 7.92. The summed E-state index contributed by atoms with van der Waals surface area (Å²) in [6.07, 6.45) is 0.716. The van der Waals surface area contributed by atoms with Crippen LogP contribution >= 0.6 is 0 Å². The van der Waals surface area contributed by atoms with Gasteiger partial charge in [-0.1, -0.05) is 12.1 Å². The molecule has 0 radical (unpaired) electrons. The summed E-state index contributed by atoms with van der Waals surface area (Å²) in [5.74, 6) is 0. The Labute approximate surface area is 111 Å². The maximum atomic E-state index is 12.0. The van der Waals surface area contributed by atoms with Crippen molar-refractivity contribution in [2.75, 3.05) is 4.72 Å². The van der Waals surface area contributed by atoms with E-state index in [9.17, 15) is 13.5 Å². The first-order valence-electron chi connectivity index (χ1n) is 5.61. The third-order valence-corrected chi connectivity index (χ3v) is 3.85. The van der Waals surface area contributed by atoms with Crippen LogP contribution in [-0.2, 0) is 10.0 Å². The van der Waals surface area contributed by atoms with Gasteiger partial charge in [0.25, 0.3) is 10.0 Å². The van der Waals surface area contributed by atoms with Gasteiger partial charge in [0.2, 0.25) is 0 Å². The number of sulfonamides is 1. The zero-order valence-corrected chi connectivity index (χ0v) is 11.3. The van der Waals surface area contributed by atoms with Crippen LogP contribution in [0.2, 0.25) is 0 Å². The van der Waals surface area contributed by atoms with Crippen molar-refractivity contribution in [1.29, 1.82) is 0 Å². The first-order chi connectivity index (χ1) is 8.88. The molecule has 0 amide bonds. The first-order valence-corrected chi connectivity index (χ1v) is 7.10. The third kappa shape index (κ3) is 3.12. The second-order valence-electron chi connectivity index (χ2n) is 4.14. The van der Waals surface area contributed by atoms with E-state index in [1.54, 1.807) is 26.0 Å². The summed E-state index contributed by atoms with van der Waals surface area (Å²) >= 11 is 0. The normalized spacial score (nSPS) is 13.2. The molecule has 1 unspecified atom stereocenters. The molecule has 2 N–H and O–H groups in total. The SMILES string of the molecule is Cc1coc(NS(=O)(=O)c2ccc(C(C)O)cc2)n1. The van der Waals surface area contributed by atoms with E-state index in [1.165, 1.54) is 18.4 Å². The van der Waals surface area contributed by atoms with E-state index in [0.717, 1.165) is 0 Å². The predicted molar refractivity (Wildman–Crippen MR) is 69.1 cm³/mol. The number of nitrogens with zero attached hydrogens (tertiary/aromatic N) is 1. The van der Waals surface area contributed by atoms with Gasteiger partial charge in [0, 0.05) is 0 Å². The summed E-state index contributed by atoms with van der Waals surface area (Å²) in [5.41, 5.74) is 1.23. The lowest BCUT2D eigenvalue weighted by molar-refractivity contribution is 0.199. The first kappa shape index (κ1) is 13.6. The lowest BCUT2D eigenvalue weighted by atomic mass is 10.1. The number of hydrogen-bond donors (Lipinski definition) is 2. The molecule has 102 valence electrons. The van der Waals surface area contributed by atoms with Crippen LogP contribution in [0.5, 0.6) is 0 Å². The number of aliphatic hydroxyl groups is 1. The monoisotopic (exact) mass is 282 g/mol. The number of benzene rings is 1. The molecule has 0 spiro atoms. The van der Waals surface area contributed by atoms with Crippen molar-refractivity contribution in [3.05, 3.63) is 41.8 Å². The fraction of sp³-hybridized carbons (Fsp3) is 0.250. The van der Waals surface area contributed by atoms with Crippen LogP contribution in [0.1, 0.15) is 24.3 Å². The van der Waals surface area contributed by atoms with E-state index in [0.29, 0.717) is 11.3 Å². The van der Waals surface area contributed by atoms with Gasteiger partial charge in [-0.3, -0.25) is 0 Å². The van der Waals surface area contributed by atoms with Crippen molar-refractivity contribution in [3.8, 4) is 0 Å². The molecule has 1 aromatic heterocycles. The number of nitrogens with one attached hydrogen (secondary N) is 1. The van der Waals surface area contributed by atoms with E-state index in [4.69, 9.17) is 4.42 Å². The van der Waals surface area contributed by atoms with Crippen molar-refractivity contribution in [2.45, 2.75) is 24.8 Å². The fourth-order valence-corrected chi connectivity index (χ4v) is 2.44. The molecular formula is C12H14N2O4S. The number of aromatic nitrogens is 1. The van der Waals surface area contributed by atoms with Gasteiger partial charge in [0.15, 0.2) is 0 Å². The van der Waals surface area contributed by atoms with Crippen molar-refractivity contribution in [3.63, 3.8) is 0 Å². The summed E-state index contributed by atoms with van der Waals surface area (Å²) in [4.78, 5) is 3.95. The number of oxazole rings is 1. The Kier molecular flexibility index (Phi) is 3.59. The molecule has 6 nitrogen and oxygen atoms in total. The molecule has 1 aromatic carbocycles.